The van der Waals surface area contributed by atoms with Crippen LogP contribution in [0.2, 0.25) is 0 Å². The van der Waals surface area contributed by atoms with Crippen LogP contribution in [-0.4, -0.2) is 37.7 Å². The van der Waals surface area contributed by atoms with Crippen LogP contribution >= 0.6 is 0 Å². The molecule has 5 nitrogen and oxygen atoms in total. The summed E-state index contributed by atoms with van der Waals surface area (Å²) in [6.45, 7) is 2.36. The van der Waals surface area contributed by atoms with Crippen molar-refractivity contribution in [1.82, 2.24) is 10.3 Å². The van der Waals surface area contributed by atoms with Crippen LogP contribution in [-0.2, 0) is 4.74 Å². The van der Waals surface area contributed by atoms with Gasteiger partial charge in [0.1, 0.15) is 0 Å². The first-order chi connectivity index (χ1) is 8.81. The van der Waals surface area contributed by atoms with Crippen molar-refractivity contribution in [3.63, 3.8) is 0 Å². The van der Waals surface area contributed by atoms with Crippen molar-refractivity contribution in [3.8, 4) is 0 Å². The molecule has 1 aliphatic rings. The SMILES string of the molecule is CNc1ccncc1C(=O)NCCC1CCOC1. The third-order valence-corrected chi connectivity index (χ3v) is 3.20. The van der Waals surface area contributed by atoms with Gasteiger partial charge in [0.2, 0.25) is 0 Å². The summed E-state index contributed by atoms with van der Waals surface area (Å²) in [6.07, 6.45) is 5.32. The van der Waals surface area contributed by atoms with Gasteiger partial charge in [-0.1, -0.05) is 0 Å². The third kappa shape index (κ3) is 3.20. The molecule has 0 bridgehead atoms. The number of hydrogen-bond acceptors (Lipinski definition) is 4. The van der Waals surface area contributed by atoms with E-state index in [4.69, 9.17) is 4.74 Å². The number of amides is 1. The number of nitrogens with one attached hydrogen (secondary N) is 2. The van der Waals surface area contributed by atoms with Gasteiger partial charge in [-0.15, -0.1) is 0 Å². The number of carbonyl (C=O) groups is 1. The molecule has 0 radical (unpaired) electrons. The van der Waals surface area contributed by atoms with Gasteiger partial charge in [0, 0.05) is 44.9 Å². The van der Waals surface area contributed by atoms with E-state index in [0.717, 1.165) is 31.7 Å². The lowest BCUT2D eigenvalue weighted by Crippen LogP contribution is -2.26. The Morgan fingerprint density at radius 3 is 3.22 bits per heavy atom. The van der Waals surface area contributed by atoms with Crippen molar-refractivity contribution in [1.29, 1.82) is 0 Å². The molecule has 1 fully saturated rings. The van der Waals surface area contributed by atoms with Crippen molar-refractivity contribution < 1.29 is 9.53 Å². The molecule has 2 N–H and O–H groups in total. The molecule has 1 atom stereocenters. The zero-order valence-corrected chi connectivity index (χ0v) is 10.6. The van der Waals surface area contributed by atoms with Crippen molar-refractivity contribution in [3.05, 3.63) is 24.0 Å². The molecular weight excluding hydrogens is 230 g/mol. The Labute approximate surface area is 107 Å². The topological polar surface area (TPSA) is 63.2 Å². The van der Waals surface area contributed by atoms with Crippen LogP contribution in [0.25, 0.3) is 0 Å². The summed E-state index contributed by atoms with van der Waals surface area (Å²) in [7, 11) is 1.79. The van der Waals surface area contributed by atoms with E-state index in [1.54, 1.807) is 25.5 Å². The first-order valence-electron chi connectivity index (χ1n) is 6.29. The minimum Gasteiger partial charge on any atom is -0.387 e. The quantitative estimate of drug-likeness (QED) is 0.825. The van der Waals surface area contributed by atoms with E-state index in [2.05, 4.69) is 15.6 Å². The number of nitrogens with zero attached hydrogens (tertiary/aromatic N) is 1. The fourth-order valence-corrected chi connectivity index (χ4v) is 2.09. The summed E-state index contributed by atoms with van der Waals surface area (Å²) >= 11 is 0. The van der Waals surface area contributed by atoms with Crippen molar-refractivity contribution in [2.45, 2.75) is 12.8 Å². The molecule has 0 aliphatic carbocycles. The van der Waals surface area contributed by atoms with Crippen LogP contribution in [0.3, 0.4) is 0 Å². The van der Waals surface area contributed by atoms with Gasteiger partial charge in [0.25, 0.3) is 5.91 Å². The standard InChI is InChI=1S/C13H19N3O2/c1-14-12-3-5-15-8-11(12)13(17)16-6-2-10-4-7-18-9-10/h3,5,8,10H,2,4,6-7,9H2,1H3,(H,14,15)(H,16,17). The first-order valence-corrected chi connectivity index (χ1v) is 6.29. The predicted molar refractivity (Wildman–Crippen MR) is 69.7 cm³/mol. The summed E-state index contributed by atoms with van der Waals surface area (Å²) in [4.78, 5) is 16.0. The number of aromatic nitrogens is 1. The third-order valence-electron chi connectivity index (χ3n) is 3.20. The van der Waals surface area contributed by atoms with Crippen LogP contribution in [0.1, 0.15) is 23.2 Å². The molecule has 1 saturated heterocycles. The second-order valence-electron chi connectivity index (χ2n) is 4.45. The maximum atomic E-state index is 12.0. The molecule has 1 aromatic rings. The minimum absolute atomic E-state index is 0.0774. The van der Waals surface area contributed by atoms with E-state index in [1.165, 1.54) is 0 Å². The Balaban J connectivity index is 1.83. The first kappa shape index (κ1) is 12.8. The zero-order valence-electron chi connectivity index (χ0n) is 10.6. The van der Waals surface area contributed by atoms with E-state index in [-0.39, 0.29) is 5.91 Å². The van der Waals surface area contributed by atoms with Crippen molar-refractivity contribution >= 4 is 11.6 Å². The second-order valence-corrected chi connectivity index (χ2v) is 4.45. The highest BCUT2D eigenvalue weighted by atomic mass is 16.5. The minimum atomic E-state index is -0.0774. The normalized spacial score (nSPS) is 18.6. The molecule has 2 heterocycles. The monoisotopic (exact) mass is 249 g/mol. The summed E-state index contributed by atoms with van der Waals surface area (Å²) in [5.41, 5.74) is 1.38. The summed E-state index contributed by atoms with van der Waals surface area (Å²) in [5.74, 6) is 0.509. The smallest absolute Gasteiger partial charge is 0.254 e. The zero-order chi connectivity index (χ0) is 12.8. The van der Waals surface area contributed by atoms with Gasteiger partial charge >= 0.3 is 0 Å². The van der Waals surface area contributed by atoms with Gasteiger partial charge in [-0.25, -0.2) is 0 Å². The molecule has 1 amide bonds. The largest absolute Gasteiger partial charge is 0.387 e. The van der Waals surface area contributed by atoms with Gasteiger partial charge in [0.05, 0.1) is 5.56 Å². The molecule has 1 aromatic heterocycles. The van der Waals surface area contributed by atoms with E-state index >= 15 is 0 Å². The van der Waals surface area contributed by atoms with Gasteiger partial charge in [-0.05, 0) is 24.8 Å². The fraction of sp³-hybridized carbons (Fsp3) is 0.538. The highest BCUT2D eigenvalue weighted by molar-refractivity contribution is 5.99. The number of pyridine rings is 1. The average Bonchev–Trinajstić information content (AvgIpc) is 2.91. The van der Waals surface area contributed by atoms with Gasteiger partial charge < -0.3 is 15.4 Å². The average molecular weight is 249 g/mol. The van der Waals surface area contributed by atoms with Crippen molar-refractivity contribution in [2.75, 3.05) is 32.1 Å². The summed E-state index contributed by atoms with van der Waals surface area (Å²) in [5, 5.41) is 5.91. The van der Waals surface area contributed by atoms with Crippen LogP contribution in [0.4, 0.5) is 5.69 Å². The number of hydrogen-bond donors (Lipinski definition) is 2. The number of anilines is 1. The van der Waals surface area contributed by atoms with Crippen LogP contribution in [0, 0.1) is 5.92 Å². The molecule has 1 aliphatic heterocycles. The van der Waals surface area contributed by atoms with Gasteiger partial charge in [-0.3, -0.25) is 9.78 Å². The Morgan fingerprint density at radius 2 is 2.50 bits per heavy atom. The van der Waals surface area contributed by atoms with Crippen molar-refractivity contribution in [2.24, 2.45) is 5.92 Å². The number of carbonyl (C=O) groups excluding carboxylic acids is 1. The fourth-order valence-electron chi connectivity index (χ4n) is 2.09. The molecule has 0 spiro atoms. The molecule has 18 heavy (non-hydrogen) atoms. The van der Waals surface area contributed by atoms with Crippen LogP contribution in [0.5, 0.6) is 0 Å². The predicted octanol–water partition coefficient (Wildman–Crippen LogP) is 1.28. The Bertz CT molecular complexity index is 403. The van der Waals surface area contributed by atoms with Crippen LogP contribution < -0.4 is 10.6 Å². The molecular formula is C13H19N3O2. The van der Waals surface area contributed by atoms with Crippen LogP contribution in [0.15, 0.2) is 18.5 Å². The highest BCUT2D eigenvalue weighted by Gasteiger charge is 2.16. The molecule has 0 aromatic carbocycles. The van der Waals surface area contributed by atoms with Gasteiger partial charge in [0.15, 0.2) is 0 Å². The van der Waals surface area contributed by atoms with E-state index < -0.39 is 0 Å². The molecule has 98 valence electrons. The molecule has 0 saturated carbocycles. The lowest BCUT2D eigenvalue weighted by molar-refractivity contribution is 0.0951. The molecule has 2 rings (SSSR count). The van der Waals surface area contributed by atoms with E-state index in [0.29, 0.717) is 18.0 Å². The number of ether oxygens (including phenoxy) is 1. The van der Waals surface area contributed by atoms with E-state index in [1.807, 2.05) is 0 Å². The summed E-state index contributed by atoms with van der Waals surface area (Å²) in [6, 6.07) is 1.79. The van der Waals surface area contributed by atoms with Gasteiger partial charge in [-0.2, -0.15) is 0 Å². The Morgan fingerprint density at radius 1 is 1.61 bits per heavy atom. The maximum Gasteiger partial charge on any atom is 0.254 e. The Kier molecular flexibility index (Phi) is 4.52. The molecule has 5 heteroatoms. The molecule has 1 unspecified atom stereocenters. The number of rotatable bonds is 5. The van der Waals surface area contributed by atoms with E-state index in [9.17, 15) is 4.79 Å². The maximum absolute atomic E-state index is 12.0. The second kappa shape index (κ2) is 6.35. The lowest BCUT2D eigenvalue weighted by Gasteiger charge is -2.11. The summed E-state index contributed by atoms with van der Waals surface area (Å²) < 4.78 is 5.30. The highest BCUT2D eigenvalue weighted by Crippen LogP contribution is 2.16. The lowest BCUT2D eigenvalue weighted by atomic mass is 10.1. The Hall–Kier alpha value is -1.62.